The number of aromatic amines is 1. The molecule has 3 rings (SSSR count). The normalized spacial score (nSPS) is 11.4. The molecule has 1 aromatic heterocycles. The lowest BCUT2D eigenvalue weighted by Gasteiger charge is -2.09. The average Bonchev–Trinajstić information content (AvgIpc) is 3.10. The summed E-state index contributed by atoms with van der Waals surface area (Å²) in [5.74, 6) is -0.993. The van der Waals surface area contributed by atoms with E-state index in [1.165, 1.54) is 7.11 Å². The molecule has 0 fully saturated rings. The molecule has 6 nitrogen and oxygen atoms in total. The van der Waals surface area contributed by atoms with Crippen molar-refractivity contribution in [1.82, 2.24) is 15.5 Å². The minimum atomic E-state index is -0.616. The highest BCUT2D eigenvalue weighted by Crippen LogP contribution is 2.20. The van der Waals surface area contributed by atoms with Gasteiger partial charge in [0.05, 0.1) is 18.8 Å². The first kappa shape index (κ1) is 16.4. The van der Waals surface area contributed by atoms with Crippen LogP contribution in [0.1, 0.15) is 21.5 Å². The van der Waals surface area contributed by atoms with Gasteiger partial charge in [0.2, 0.25) is 0 Å². The molecule has 0 bridgehead atoms. The molecule has 2 N–H and O–H groups in total. The zero-order valence-corrected chi connectivity index (χ0v) is 13.9. The fraction of sp³-hybridized carbons (Fsp3) is 0.105. The number of amides is 1. The van der Waals surface area contributed by atoms with Crippen LogP contribution in [0.3, 0.4) is 0 Å². The maximum absolute atomic E-state index is 12.3. The SMILES string of the molecule is COC(=O)/C(=C/c1cc(C)c2[nH]ncc2c1)NC(=O)c1ccccc1. The molecule has 0 unspecified atom stereocenters. The summed E-state index contributed by atoms with van der Waals surface area (Å²) in [6.07, 6.45) is 3.30. The molecule has 2 aromatic carbocycles. The van der Waals surface area contributed by atoms with Crippen LogP contribution in [0.4, 0.5) is 0 Å². The molecular formula is C19H17N3O3. The van der Waals surface area contributed by atoms with E-state index in [2.05, 4.69) is 15.5 Å². The van der Waals surface area contributed by atoms with Crippen molar-refractivity contribution in [2.45, 2.75) is 6.92 Å². The molecule has 0 saturated heterocycles. The summed E-state index contributed by atoms with van der Waals surface area (Å²) in [4.78, 5) is 24.4. The van der Waals surface area contributed by atoms with E-state index < -0.39 is 5.97 Å². The fourth-order valence-corrected chi connectivity index (χ4v) is 2.55. The van der Waals surface area contributed by atoms with Gasteiger partial charge in [-0.1, -0.05) is 18.2 Å². The number of hydrogen-bond donors (Lipinski definition) is 2. The Morgan fingerprint density at radius 1 is 1.20 bits per heavy atom. The zero-order chi connectivity index (χ0) is 17.8. The van der Waals surface area contributed by atoms with Crippen LogP contribution < -0.4 is 5.32 Å². The molecule has 0 saturated carbocycles. The molecule has 0 aliphatic carbocycles. The summed E-state index contributed by atoms with van der Waals surface area (Å²) >= 11 is 0. The van der Waals surface area contributed by atoms with Crippen LogP contribution in [0.2, 0.25) is 0 Å². The highest BCUT2D eigenvalue weighted by molar-refractivity contribution is 6.03. The first-order valence-corrected chi connectivity index (χ1v) is 7.68. The highest BCUT2D eigenvalue weighted by Gasteiger charge is 2.15. The van der Waals surface area contributed by atoms with E-state index in [-0.39, 0.29) is 11.6 Å². The van der Waals surface area contributed by atoms with E-state index >= 15 is 0 Å². The topological polar surface area (TPSA) is 84.1 Å². The number of carbonyl (C=O) groups is 2. The van der Waals surface area contributed by atoms with Gasteiger partial charge >= 0.3 is 5.97 Å². The van der Waals surface area contributed by atoms with Crippen molar-refractivity contribution in [2.75, 3.05) is 7.11 Å². The molecule has 1 amide bonds. The molecule has 25 heavy (non-hydrogen) atoms. The second-order valence-corrected chi connectivity index (χ2v) is 5.54. The van der Waals surface area contributed by atoms with E-state index in [1.54, 1.807) is 36.5 Å². The van der Waals surface area contributed by atoms with E-state index in [0.717, 1.165) is 22.0 Å². The van der Waals surface area contributed by atoms with E-state index in [9.17, 15) is 9.59 Å². The lowest BCUT2D eigenvalue weighted by molar-refractivity contribution is -0.136. The molecule has 0 aliphatic heterocycles. The maximum atomic E-state index is 12.3. The van der Waals surface area contributed by atoms with E-state index in [4.69, 9.17) is 4.74 Å². The molecule has 3 aromatic rings. The third-order valence-corrected chi connectivity index (χ3v) is 3.77. The number of aryl methyl sites for hydroxylation is 1. The first-order valence-electron chi connectivity index (χ1n) is 7.68. The summed E-state index contributed by atoms with van der Waals surface area (Å²) < 4.78 is 4.78. The molecule has 1 heterocycles. The van der Waals surface area contributed by atoms with E-state index in [0.29, 0.717) is 5.56 Å². The van der Waals surface area contributed by atoms with Crippen LogP contribution in [0.5, 0.6) is 0 Å². The van der Waals surface area contributed by atoms with Crippen molar-refractivity contribution < 1.29 is 14.3 Å². The Morgan fingerprint density at radius 2 is 1.96 bits per heavy atom. The van der Waals surface area contributed by atoms with Crippen molar-refractivity contribution in [2.24, 2.45) is 0 Å². The third kappa shape index (κ3) is 3.58. The van der Waals surface area contributed by atoms with Crippen molar-refractivity contribution in [3.8, 4) is 0 Å². The number of methoxy groups -OCH3 is 1. The molecule has 0 spiro atoms. The Kier molecular flexibility index (Phi) is 4.61. The zero-order valence-electron chi connectivity index (χ0n) is 13.9. The predicted molar refractivity (Wildman–Crippen MR) is 94.7 cm³/mol. The van der Waals surface area contributed by atoms with Gasteiger partial charge in [0, 0.05) is 10.9 Å². The van der Waals surface area contributed by atoms with Gasteiger partial charge in [0.15, 0.2) is 0 Å². The minimum absolute atomic E-state index is 0.0681. The van der Waals surface area contributed by atoms with Crippen LogP contribution in [0.15, 0.2) is 54.4 Å². The quantitative estimate of drug-likeness (QED) is 0.567. The molecule has 0 aliphatic rings. The Morgan fingerprint density at radius 3 is 2.68 bits per heavy atom. The third-order valence-electron chi connectivity index (χ3n) is 3.77. The van der Waals surface area contributed by atoms with Gasteiger partial charge in [-0.2, -0.15) is 5.10 Å². The van der Waals surface area contributed by atoms with Gasteiger partial charge in [-0.15, -0.1) is 0 Å². The molecule has 0 atom stereocenters. The second-order valence-electron chi connectivity index (χ2n) is 5.54. The number of benzene rings is 2. The number of aromatic nitrogens is 2. The Hall–Kier alpha value is -3.41. The Labute approximate surface area is 144 Å². The summed E-state index contributed by atoms with van der Waals surface area (Å²) in [6, 6.07) is 12.5. The second kappa shape index (κ2) is 7.00. The van der Waals surface area contributed by atoms with Gasteiger partial charge in [-0.3, -0.25) is 9.89 Å². The summed E-state index contributed by atoms with van der Waals surface area (Å²) in [6.45, 7) is 1.94. The average molecular weight is 335 g/mol. The predicted octanol–water partition coefficient (Wildman–Crippen LogP) is 2.82. The number of ether oxygens (including phenoxy) is 1. The standard InChI is InChI=1S/C19H17N3O3/c1-12-8-13(9-15-11-20-22-17(12)15)10-16(19(24)25-2)21-18(23)14-6-4-3-5-7-14/h3-11H,1-2H3,(H,20,22)(H,21,23)/b16-10-. The smallest absolute Gasteiger partial charge is 0.354 e. The Bertz CT molecular complexity index is 958. The van der Waals surface area contributed by atoms with Crippen molar-refractivity contribution in [1.29, 1.82) is 0 Å². The van der Waals surface area contributed by atoms with Crippen LogP contribution >= 0.6 is 0 Å². The summed E-state index contributed by atoms with van der Waals surface area (Å²) in [7, 11) is 1.27. The maximum Gasteiger partial charge on any atom is 0.354 e. The monoisotopic (exact) mass is 335 g/mol. The number of nitrogens with zero attached hydrogens (tertiary/aromatic N) is 1. The lowest BCUT2D eigenvalue weighted by Crippen LogP contribution is -2.28. The van der Waals surface area contributed by atoms with Crippen LogP contribution in [-0.4, -0.2) is 29.2 Å². The number of rotatable bonds is 4. The van der Waals surface area contributed by atoms with Gasteiger partial charge in [0.1, 0.15) is 5.70 Å². The summed E-state index contributed by atoms with van der Waals surface area (Å²) in [5.41, 5.74) is 3.21. The number of fused-ring (bicyclic) bond motifs is 1. The van der Waals surface area contributed by atoms with Crippen molar-refractivity contribution >= 4 is 28.9 Å². The molecule has 6 heteroatoms. The lowest BCUT2D eigenvalue weighted by atomic mass is 10.1. The van der Waals surface area contributed by atoms with E-state index in [1.807, 2.05) is 25.1 Å². The highest BCUT2D eigenvalue weighted by atomic mass is 16.5. The number of H-pyrrole nitrogens is 1. The van der Waals surface area contributed by atoms with Gasteiger partial charge in [-0.05, 0) is 48.4 Å². The molecule has 0 radical (unpaired) electrons. The number of nitrogens with one attached hydrogen (secondary N) is 2. The number of carbonyl (C=O) groups excluding carboxylic acids is 2. The minimum Gasteiger partial charge on any atom is -0.464 e. The van der Waals surface area contributed by atoms with Crippen molar-refractivity contribution in [3.63, 3.8) is 0 Å². The number of hydrogen-bond acceptors (Lipinski definition) is 4. The molecular weight excluding hydrogens is 318 g/mol. The number of esters is 1. The largest absolute Gasteiger partial charge is 0.464 e. The summed E-state index contributed by atoms with van der Waals surface area (Å²) in [5, 5.41) is 10.5. The molecule has 126 valence electrons. The fourth-order valence-electron chi connectivity index (χ4n) is 2.55. The van der Waals surface area contributed by atoms with Gasteiger partial charge in [0.25, 0.3) is 5.91 Å². The van der Waals surface area contributed by atoms with Gasteiger partial charge in [-0.25, -0.2) is 4.79 Å². The van der Waals surface area contributed by atoms with Crippen LogP contribution in [0, 0.1) is 6.92 Å². The van der Waals surface area contributed by atoms with Gasteiger partial charge < -0.3 is 10.1 Å². The Balaban J connectivity index is 1.95. The van der Waals surface area contributed by atoms with Crippen LogP contribution in [-0.2, 0) is 9.53 Å². The van der Waals surface area contributed by atoms with Crippen LogP contribution in [0.25, 0.3) is 17.0 Å². The first-order chi connectivity index (χ1) is 12.1. The van der Waals surface area contributed by atoms with Crippen molar-refractivity contribution in [3.05, 3.63) is 71.0 Å².